The van der Waals surface area contributed by atoms with Crippen LogP contribution in [0.2, 0.25) is 0 Å². The van der Waals surface area contributed by atoms with Gasteiger partial charge in [-0.2, -0.15) is 0 Å². The van der Waals surface area contributed by atoms with Gasteiger partial charge in [0, 0.05) is 31.3 Å². The van der Waals surface area contributed by atoms with Crippen LogP contribution in [-0.4, -0.2) is 48.0 Å². The minimum atomic E-state index is -3.11. The van der Waals surface area contributed by atoms with Crippen LogP contribution >= 0.6 is 30.9 Å². The average molecular weight is 333 g/mol. The molecule has 114 valence electrons. The number of ether oxygens (including phenoxy) is 1. The van der Waals surface area contributed by atoms with Gasteiger partial charge in [-0.15, -0.1) is 23.2 Å². The summed E-state index contributed by atoms with van der Waals surface area (Å²) < 4.78 is 25.8. The van der Waals surface area contributed by atoms with Crippen LogP contribution in [-0.2, 0) is 13.8 Å². The quantitative estimate of drug-likeness (QED) is 0.598. The van der Waals surface area contributed by atoms with E-state index in [2.05, 4.69) is 5.09 Å². The van der Waals surface area contributed by atoms with E-state index in [1.54, 1.807) is 4.67 Å². The van der Waals surface area contributed by atoms with E-state index in [4.69, 9.17) is 32.5 Å². The van der Waals surface area contributed by atoms with Crippen LogP contribution in [0.15, 0.2) is 0 Å². The lowest BCUT2D eigenvalue weighted by atomic mass is 10.2. The van der Waals surface area contributed by atoms with Crippen LogP contribution < -0.4 is 5.09 Å². The molecule has 1 N–H and O–H groups in total. The monoisotopic (exact) mass is 332 g/mol. The fourth-order valence-electron chi connectivity index (χ4n) is 1.81. The lowest BCUT2D eigenvalue weighted by Gasteiger charge is -2.39. The SMILES string of the molecule is CC(C)(C)OC1CCOP(=O)(N(CCCl)CCCl)N1. The van der Waals surface area contributed by atoms with Gasteiger partial charge >= 0.3 is 7.67 Å². The Kier molecular flexibility index (Phi) is 7.08. The van der Waals surface area contributed by atoms with Gasteiger partial charge in [0.2, 0.25) is 0 Å². The molecular formula is C11H23Cl2N2O3P. The summed E-state index contributed by atoms with van der Waals surface area (Å²) in [5.41, 5.74) is -0.302. The second kappa shape index (κ2) is 7.60. The molecule has 1 fully saturated rings. The van der Waals surface area contributed by atoms with Gasteiger partial charge in [0.1, 0.15) is 6.23 Å². The third-order valence-corrected chi connectivity index (χ3v) is 5.14. The maximum atomic E-state index is 12.8. The summed E-state index contributed by atoms with van der Waals surface area (Å²) in [5.74, 6) is 0.743. The number of nitrogens with zero attached hydrogens (tertiary/aromatic N) is 1. The number of hydrogen-bond acceptors (Lipinski definition) is 3. The van der Waals surface area contributed by atoms with Crippen LogP contribution in [0, 0.1) is 0 Å². The lowest BCUT2D eigenvalue weighted by molar-refractivity contribution is -0.0813. The molecule has 0 radical (unpaired) electrons. The first-order chi connectivity index (χ1) is 8.80. The number of hydrogen-bond donors (Lipinski definition) is 1. The topological polar surface area (TPSA) is 50.8 Å². The second-order valence-corrected chi connectivity index (χ2v) is 8.20. The third kappa shape index (κ3) is 5.88. The molecule has 2 unspecified atom stereocenters. The van der Waals surface area contributed by atoms with Crippen LogP contribution in [0.1, 0.15) is 27.2 Å². The van der Waals surface area contributed by atoms with E-state index >= 15 is 0 Å². The molecule has 0 spiro atoms. The minimum absolute atomic E-state index is 0.285. The molecule has 0 aromatic rings. The van der Waals surface area contributed by atoms with Gasteiger partial charge in [0.25, 0.3) is 0 Å². The van der Waals surface area contributed by atoms with Crippen LogP contribution in [0.25, 0.3) is 0 Å². The summed E-state index contributed by atoms with van der Waals surface area (Å²) >= 11 is 11.5. The van der Waals surface area contributed by atoms with E-state index in [9.17, 15) is 4.57 Å². The van der Waals surface area contributed by atoms with Crippen molar-refractivity contribution in [3.05, 3.63) is 0 Å². The molecule has 0 aromatic carbocycles. The highest BCUT2D eigenvalue weighted by atomic mass is 35.5. The van der Waals surface area contributed by atoms with E-state index in [1.165, 1.54) is 0 Å². The van der Waals surface area contributed by atoms with Crippen molar-refractivity contribution in [2.24, 2.45) is 0 Å². The number of rotatable bonds is 6. The Hall–Kier alpha value is 0.650. The molecule has 1 saturated heterocycles. The van der Waals surface area contributed by atoms with Gasteiger partial charge in [-0.25, -0.2) is 9.76 Å². The van der Waals surface area contributed by atoms with Gasteiger partial charge in [-0.3, -0.25) is 4.57 Å². The zero-order valence-electron chi connectivity index (χ0n) is 11.7. The molecule has 2 atom stereocenters. The van der Waals surface area contributed by atoms with E-state index in [0.717, 1.165) is 0 Å². The molecule has 0 aliphatic carbocycles. The van der Waals surface area contributed by atoms with Crippen molar-refractivity contribution in [3.8, 4) is 0 Å². The summed E-state index contributed by atoms with van der Waals surface area (Å²) in [6.45, 7) is 7.20. The minimum Gasteiger partial charge on any atom is -0.357 e. The van der Waals surface area contributed by atoms with Crippen LogP contribution in [0.3, 0.4) is 0 Å². The molecule has 8 heteroatoms. The molecular weight excluding hydrogens is 310 g/mol. The molecule has 0 aromatic heterocycles. The lowest BCUT2D eigenvalue weighted by Crippen LogP contribution is -2.45. The number of nitrogens with one attached hydrogen (secondary N) is 1. The Morgan fingerprint density at radius 3 is 2.42 bits per heavy atom. The van der Waals surface area contributed by atoms with E-state index < -0.39 is 7.67 Å². The summed E-state index contributed by atoms with van der Waals surface area (Å²) in [4.78, 5) is 0. The fourth-order valence-corrected chi connectivity index (χ4v) is 4.48. The maximum Gasteiger partial charge on any atom is 0.345 e. The average Bonchev–Trinajstić information content (AvgIpc) is 2.26. The highest BCUT2D eigenvalue weighted by Gasteiger charge is 2.38. The predicted molar refractivity (Wildman–Crippen MR) is 79.0 cm³/mol. The fraction of sp³-hybridized carbons (Fsp3) is 1.00. The Balaban J connectivity index is 2.71. The van der Waals surface area contributed by atoms with Crippen molar-refractivity contribution in [3.63, 3.8) is 0 Å². The molecule has 5 nitrogen and oxygen atoms in total. The zero-order valence-corrected chi connectivity index (χ0v) is 14.1. The predicted octanol–water partition coefficient (Wildman–Crippen LogP) is 3.03. The first kappa shape index (κ1) is 17.7. The molecule has 0 amide bonds. The summed E-state index contributed by atoms with van der Waals surface area (Å²) in [6, 6.07) is 0. The van der Waals surface area contributed by atoms with Gasteiger partial charge < -0.3 is 9.26 Å². The molecule has 1 rings (SSSR count). The second-order valence-electron chi connectivity index (χ2n) is 5.32. The van der Waals surface area contributed by atoms with Crippen molar-refractivity contribution >= 4 is 30.9 Å². The van der Waals surface area contributed by atoms with E-state index in [-0.39, 0.29) is 11.8 Å². The van der Waals surface area contributed by atoms with E-state index in [1.807, 2.05) is 20.8 Å². The molecule has 19 heavy (non-hydrogen) atoms. The largest absolute Gasteiger partial charge is 0.357 e. The van der Waals surface area contributed by atoms with Crippen molar-refractivity contribution in [1.82, 2.24) is 9.76 Å². The molecule has 1 aliphatic heterocycles. The smallest absolute Gasteiger partial charge is 0.345 e. The summed E-state index contributed by atoms with van der Waals surface area (Å²) in [5, 5.41) is 2.98. The van der Waals surface area contributed by atoms with Crippen molar-refractivity contribution in [2.75, 3.05) is 31.5 Å². The molecule has 0 bridgehead atoms. The normalized spacial score (nSPS) is 28.8. The van der Waals surface area contributed by atoms with Gasteiger partial charge in [-0.05, 0) is 20.8 Å². The highest BCUT2D eigenvalue weighted by molar-refractivity contribution is 7.54. The van der Waals surface area contributed by atoms with Crippen molar-refractivity contribution < 1.29 is 13.8 Å². The molecule has 1 aliphatic rings. The standard InChI is InChI=1S/C11H23Cl2N2O3P/c1-11(2,3)18-10-4-9-17-19(16,14-10)15(7-5-12)8-6-13/h10H,4-9H2,1-3H3,(H,14,16). The van der Waals surface area contributed by atoms with Gasteiger partial charge in [-0.1, -0.05) is 0 Å². The highest BCUT2D eigenvalue weighted by Crippen LogP contribution is 2.49. The Bertz CT molecular complexity index is 320. The van der Waals surface area contributed by atoms with Crippen LogP contribution in [0.4, 0.5) is 0 Å². The number of alkyl halides is 2. The number of halogens is 2. The Labute approximate surface area is 125 Å². The Morgan fingerprint density at radius 1 is 1.37 bits per heavy atom. The van der Waals surface area contributed by atoms with Crippen molar-refractivity contribution in [1.29, 1.82) is 0 Å². The van der Waals surface area contributed by atoms with Crippen molar-refractivity contribution in [2.45, 2.75) is 39.0 Å². The Morgan fingerprint density at radius 2 is 1.95 bits per heavy atom. The first-order valence-electron chi connectivity index (χ1n) is 6.38. The maximum absolute atomic E-state index is 12.8. The summed E-state index contributed by atoms with van der Waals surface area (Å²) in [6.07, 6.45) is 0.379. The molecule has 0 saturated carbocycles. The third-order valence-electron chi connectivity index (χ3n) is 2.51. The van der Waals surface area contributed by atoms with Crippen LogP contribution in [0.5, 0.6) is 0 Å². The van der Waals surface area contributed by atoms with Gasteiger partial charge in [0.05, 0.1) is 12.2 Å². The van der Waals surface area contributed by atoms with E-state index in [0.29, 0.717) is 37.9 Å². The first-order valence-corrected chi connectivity index (χ1v) is 9.03. The van der Waals surface area contributed by atoms with Gasteiger partial charge in [0.15, 0.2) is 0 Å². The molecule has 1 heterocycles. The summed E-state index contributed by atoms with van der Waals surface area (Å²) in [7, 11) is -3.11. The zero-order chi connectivity index (χ0) is 14.5.